The lowest BCUT2D eigenvalue weighted by Crippen LogP contribution is -2.46. The number of ether oxygens (including phenoxy) is 1. The highest BCUT2D eigenvalue weighted by Crippen LogP contribution is 2.35. The summed E-state index contributed by atoms with van der Waals surface area (Å²) < 4.78 is 5.16. The van der Waals surface area contributed by atoms with E-state index in [0.717, 1.165) is 38.3 Å². The second-order valence-corrected chi connectivity index (χ2v) is 6.01. The SMILES string of the molecule is COc1cc(CN2CCN(c3cccnc3)CC2)cc(Cl)c1O. The van der Waals surface area contributed by atoms with E-state index in [1.165, 1.54) is 12.8 Å². The van der Waals surface area contributed by atoms with Crippen LogP contribution in [0.2, 0.25) is 5.02 Å². The number of aromatic nitrogens is 1. The molecule has 0 amide bonds. The molecule has 0 spiro atoms. The van der Waals surface area contributed by atoms with Gasteiger partial charge in [-0.15, -0.1) is 0 Å². The van der Waals surface area contributed by atoms with E-state index in [1.807, 2.05) is 18.3 Å². The molecule has 0 saturated carbocycles. The van der Waals surface area contributed by atoms with E-state index in [1.54, 1.807) is 12.3 Å². The zero-order valence-corrected chi connectivity index (χ0v) is 13.8. The zero-order chi connectivity index (χ0) is 16.2. The maximum absolute atomic E-state index is 9.81. The van der Waals surface area contributed by atoms with Gasteiger partial charge in [0.25, 0.3) is 0 Å². The number of phenolic OH excluding ortho intramolecular Hbond substituents is 1. The highest BCUT2D eigenvalue weighted by atomic mass is 35.5. The van der Waals surface area contributed by atoms with Gasteiger partial charge in [-0.3, -0.25) is 9.88 Å². The van der Waals surface area contributed by atoms with Crippen LogP contribution in [0.25, 0.3) is 0 Å². The first-order valence-electron chi connectivity index (χ1n) is 7.60. The fraction of sp³-hybridized carbons (Fsp3) is 0.353. The molecule has 5 nitrogen and oxygen atoms in total. The van der Waals surface area contributed by atoms with Crippen LogP contribution in [-0.4, -0.2) is 48.3 Å². The maximum atomic E-state index is 9.81. The van der Waals surface area contributed by atoms with Crippen LogP contribution in [-0.2, 0) is 6.54 Å². The van der Waals surface area contributed by atoms with Crippen molar-refractivity contribution in [1.29, 1.82) is 0 Å². The van der Waals surface area contributed by atoms with Crippen LogP contribution < -0.4 is 9.64 Å². The summed E-state index contributed by atoms with van der Waals surface area (Å²) in [7, 11) is 1.53. The number of benzene rings is 1. The van der Waals surface area contributed by atoms with Crippen molar-refractivity contribution in [2.75, 3.05) is 38.2 Å². The molecule has 1 saturated heterocycles. The molecule has 1 aliphatic rings. The summed E-state index contributed by atoms with van der Waals surface area (Å²) in [5.41, 5.74) is 2.21. The van der Waals surface area contributed by atoms with Crippen LogP contribution in [0.5, 0.6) is 11.5 Å². The Labute approximate surface area is 141 Å². The number of methoxy groups -OCH3 is 1. The van der Waals surface area contributed by atoms with Crippen molar-refractivity contribution in [2.45, 2.75) is 6.54 Å². The van der Waals surface area contributed by atoms with Crippen LogP contribution >= 0.6 is 11.6 Å². The van der Waals surface area contributed by atoms with E-state index in [-0.39, 0.29) is 5.75 Å². The van der Waals surface area contributed by atoms with Gasteiger partial charge in [0.15, 0.2) is 11.5 Å². The number of phenols is 1. The minimum atomic E-state index is -0.000636. The van der Waals surface area contributed by atoms with Crippen molar-refractivity contribution in [2.24, 2.45) is 0 Å². The Morgan fingerprint density at radius 1 is 1.26 bits per heavy atom. The topological polar surface area (TPSA) is 48.8 Å². The Morgan fingerprint density at radius 2 is 2.04 bits per heavy atom. The summed E-state index contributed by atoms with van der Waals surface area (Å²) >= 11 is 6.05. The second kappa shape index (κ2) is 7.06. The Bertz CT molecular complexity index is 658. The average Bonchev–Trinajstić information content (AvgIpc) is 2.59. The molecular weight excluding hydrogens is 314 g/mol. The molecule has 2 heterocycles. The molecular formula is C17H20ClN3O2. The number of anilines is 1. The molecule has 0 aliphatic carbocycles. The fourth-order valence-electron chi connectivity index (χ4n) is 2.84. The minimum absolute atomic E-state index is 0.000636. The van der Waals surface area contributed by atoms with Gasteiger partial charge in [0, 0.05) is 38.9 Å². The molecule has 1 aromatic carbocycles. The van der Waals surface area contributed by atoms with Crippen molar-refractivity contribution < 1.29 is 9.84 Å². The zero-order valence-electron chi connectivity index (χ0n) is 13.1. The van der Waals surface area contributed by atoms with Crippen molar-refractivity contribution in [3.8, 4) is 11.5 Å². The van der Waals surface area contributed by atoms with E-state index in [9.17, 15) is 5.11 Å². The van der Waals surface area contributed by atoms with Crippen LogP contribution in [0.4, 0.5) is 5.69 Å². The summed E-state index contributed by atoms with van der Waals surface area (Å²) in [6.45, 7) is 4.66. The van der Waals surface area contributed by atoms with E-state index in [2.05, 4.69) is 20.9 Å². The molecule has 0 bridgehead atoms. The second-order valence-electron chi connectivity index (χ2n) is 5.60. The summed E-state index contributed by atoms with van der Waals surface area (Å²) in [5, 5.41) is 10.1. The number of halogens is 1. The Morgan fingerprint density at radius 3 is 2.70 bits per heavy atom. The number of piperazine rings is 1. The van der Waals surface area contributed by atoms with Gasteiger partial charge in [-0.05, 0) is 29.8 Å². The van der Waals surface area contributed by atoms with Gasteiger partial charge in [-0.25, -0.2) is 0 Å². The first kappa shape index (κ1) is 15.9. The summed E-state index contributed by atoms with van der Waals surface area (Å²) in [6.07, 6.45) is 3.70. The largest absolute Gasteiger partial charge is 0.503 e. The Kier molecular flexibility index (Phi) is 4.88. The monoisotopic (exact) mass is 333 g/mol. The van der Waals surface area contributed by atoms with Gasteiger partial charge in [-0.2, -0.15) is 0 Å². The van der Waals surface area contributed by atoms with Gasteiger partial charge in [0.05, 0.1) is 24.0 Å². The molecule has 0 atom stereocenters. The predicted octanol–water partition coefficient (Wildman–Crippen LogP) is 2.77. The van der Waals surface area contributed by atoms with E-state index in [4.69, 9.17) is 16.3 Å². The lowest BCUT2D eigenvalue weighted by Gasteiger charge is -2.36. The van der Waals surface area contributed by atoms with E-state index in [0.29, 0.717) is 10.8 Å². The fourth-order valence-corrected chi connectivity index (χ4v) is 3.07. The van der Waals surface area contributed by atoms with E-state index < -0.39 is 0 Å². The number of pyridine rings is 1. The van der Waals surface area contributed by atoms with Gasteiger partial charge < -0.3 is 14.7 Å². The quantitative estimate of drug-likeness (QED) is 0.932. The third kappa shape index (κ3) is 3.68. The van der Waals surface area contributed by atoms with Crippen LogP contribution in [0, 0.1) is 0 Å². The molecule has 1 N–H and O–H groups in total. The summed E-state index contributed by atoms with van der Waals surface area (Å²) in [6, 6.07) is 7.70. The number of nitrogens with zero attached hydrogens (tertiary/aromatic N) is 3. The third-order valence-corrected chi connectivity index (χ3v) is 4.39. The van der Waals surface area contributed by atoms with Gasteiger partial charge in [0.1, 0.15) is 0 Å². The summed E-state index contributed by atoms with van der Waals surface area (Å²) in [4.78, 5) is 8.89. The molecule has 122 valence electrons. The van der Waals surface area contributed by atoms with Crippen LogP contribution in [0.15, 0.2) is 36.7 Å². The van der Waals surface area contributed by atoms with Crippen molar-refractivity contribution >= 4 is 17.3 Å². The Balaban J connectivity index is 1.62. The smallest absolute Gasteiger partial charge is 0.176 e. The molecule has 6 heteroatoms. The molecule has 0 unspecified atom stereocenters. The average molecular weight is 334 g/mol. The van der Waals surface area contributed by atoms with Gasteiger partial charge >= 0.3 is 0 Å². The molecule has 1 fully saturated rings. The number of rotatable bonds is 4. The number of aromatic hydroxyl groups is 1. The molecule has 2 aromatic rings. The first-order chi connectivity index (χ1) is 11.2. The van der Waals surface area contributed by atoms with Gasteiger partial charge in [-0.1, -0.05) is 11.6 Å². The molecule has 23 heavy (non-hydrogen) atoms. The molecule has 3 rings (SSSR count). The van der Waals surface area contributed by atoms with Gasteiger partial charge in [0.2, 0.25) is 0 Å². The Hall–Kier alpha value is -1.98. The molecule has 1 aromatic heterocycles. The van der Waals surface area contributed by atoms with Crippen molar-refractivity contribution in [1.82, 2.24) is 9.88 Å². The van der Waals surface area contributed by atoms with Crippen LogP contribution in [0.1, 0.15) is 5.56 Å². The number of hydrogen-bond donors (Lipinski definition) is 1. The lowest BCUT2D eigenvalue weighted by atomic mass is 10.1. The third-order valence-electron chi connectivity index (χ3n) is 4.10. The minimum Gasteiger partial charge on any atom is -0.503 e. The highest BCUT2D eigenvalue weighted by Gasteiger charge is 2.18. The molecule has 0 radical (unpaired) electrons. The standard InChI is InChI=1S/C17H20ClN3O2/c1-23-16-10-13(9-15(18)17(16)22)12-20-5-7-21(8-6-20)14-3-2-4-19-11-14/h2-4,9-11,22H,5-8,12H2,1H3. The van der Waals surface area contributed by atoms with E-state index >= 15 is 0 Å². The lowest BCUT2D eigenvalue weighted by molar-refractivity contribution is 0.249. The van der Waals surface area contributed by atoms with Crippen molar-refractivity contribution in [3.63, 3.8) is 0 Å². The normalized spacial score (nSPS) is 15.7. The maximum Gasteiger partial charge on any atom is 0.176 e. The van der Waals surface area contributed by atoms with Crippen molar-refractivity contribution in [3.05, 3.63) is 47.2 Å². The summed E-state index contributed by atoms with van der Waals surface area (Å²) in [5.74, 6) is 0.417. The molecule has 1 aliphatic heterocycles. The first-order valence-corrected chi connectivity index (χ1v) is 7.98. The highest BCUT2D eigenvalue weighted by molar-refractivity contribution is 6.32. The number of hydrogen-bond acceptors (Lipinski definition) is 5. The predicted molar refractivity (Wildman–Crippen MR) is 91.4 cm³/mol. The van der Waals surface area contributed by atoms with Crippen LogP contribution in [0.3, 0.4) is 0 Å².